The van der Waals surface area contributed by atoms with E-state index >= 15 is 0 Å². The molecule has 0 fully saturated rings. The Kier molecular flexibility index (Phi) is 17.5. The van der Waals surface area contributed by atoms with Crippen molar-refractivity contribution in [2.24, 2.45) is 0 Å². The Morgan fingerprint density at radius 3 is 1.15 bits per heavy atom. The van der Waals surface area contributed by atoms with E-state index in [0.717, 1.165) is 112 Å². The number of hydrogen-bond donors (Lipinski definition) is 0. The lowest BCUT2D eigenvalue weighted by atomic mass is 9.66. The van der Waals surface area contributed by atoms with E-state index in [4.69, 9.17) is 39.4 Å². The normalized spacial score (nSPS) is 13.6. The monoisotopic (exact) mass is 1780 g/mol. The van der Waals surface area contributed by atoms with Crippen molar-refractivity contribution in [2.45, 2.75) is 23.9 Å². The Balaban J connectivity index is 0.000000138. The fraction of sp³-hybridized carbons (Fsp3) is 0.0312. The summed E-state index contributed by atoms with van der Waals surface area (Å²) < 4.78 is 16.0. The van der Waals surface area contributed by atoms with Gasteiger partial charge < -0.3 is 14.0 Å². The molecule has 29 rings (SSSR count). The summed E-state index contributed by atoms with van der Waals surface area (Å²) in [5, 5.41) is 15.1. The van der Waals surface area contributed by atoms with Gasteiger partial charge in [-0.1, -0.05) is 413 Å². The molecule has 138 heavy (non-hydrogen) atoms. The topological polar surface area (TPSA) is 101 Å². The number of aromatic nitrogens is 7. The van der Waals surface area contributed by atoms with Crippen LogP contribution in [0.15, 0.2) is 455 Å². The van der Waals surface area contributed by atoms with Gasteiger partial charge in [0, 0.05) is 72.1 Å². The molecular formula is C128H81N7O2Si. The fourth-order valence-corrected chi connectivity index (χ4v) is 27.7. The smallest absolute Gasteiger partial charge is 0.164 e. The van der Waals surface area contributed by atoms with Crippen LogP contribution in [0.1, 0.15) is 44.5 Å². The third-order valence-electron chi connectivity index (χ3n) is 29.7. The van der Waals surface area contributed by atoms with E-state index in [-0.39, 0.29) is 0 Å². The van der Waals surface area contributed by atoms with E-state index in [1.807, 2.05) is 36.4 Å². The molecule has 0 bridgehead atoms. The molecule has 0 atom stereocenters. The molecule has 3 aliphatic heterocycles. The molecule has 0 saturated heterocycles. The molecule has 9 nitrogen and oxygen atoms in total. The van der Waals surface area contributed by atoms with Gasteiger partial charge in [0.2, 0.25) is 0 Å². The van der Waals surface area contributed by atoms with Crippen LogP contribution in [0.4, 0.5) is 0 Å². The van der Waals surface area contributed by atoms with E-state index in [1.54, 1.807) is 0 Å². The van der Waals surface area contributed by atoms with Crippen LogP contribution in [0, 0.1) is 0 Å². The number of nitrogens with zero attached hydrogens (tertiary/aromatic N) is 7. The number of benzene rings is 21. The number of rotatable bonds is 9. The van der Waals surface area contributed by atoms with Crippen molar-refractivity contribution in [3.8, 4) is 153 Å². The second-order valence-corrected chi connectivity index (χ2v) is 41.5. The molecule has 6 heterocycles. The van der Waals surface area contributed by atoms with Gasteiger partial charge in [0.05, 0.1) is 21.9 Å². The second-order valence-electron chi connectivity index (χ2n) is 37.2. The molecule has 10 heteroatoms. The summed E-state index contributed by atoms with van der Waals surface area (Å²) in [6.45, 7) is 4.98. The minimum Gasteiger partial charge on any atom is -0.457 e. The second kappa shape index (κ2) is 30.7. The maximum absolute atomic E-state index is 6.98. The highest BCUT2D eigenvalue weighted by Gasteiger charge is 2.53. The Morgan fingerprint density at radius 2 is 0.551 bits per heavy atom. The molecule has 0 amide bonds. The van der Waals surface area contributed by atoms with Crippen molar-refractivity contribution < 1.29 is 9.47 Å². The van der Waals surface area contributed by atoms with E-state index in [0.29, 0.717) is 34.9 Å². The van der Waals surface area contributed by atoms with Crippen LogP contribution in [-0.2, 0) is 10.8 Å². The molecule has 644 valence electrons. The van der Waals surface area contributed by atoms with Crippen LogP contribution in [-0.4, -0.2) is 42.5 Å². The standard InChI is InChI=1S/C70H42N4O.C58H39N3OSi/c1-2-16-44(17-3-1)67-71-68(73-69(72-67)47-35-39-60-58(40-47)54-22-8-10-24-59(54)70(60)61-25-11-14-28-65(61)75-66-29-15-12-26-62(66)70)45-32-30-43(31-33-45)46-34-37-56-55-23-9-13-27-63(55)74(64(56)41-46)48-36-38-53-51-20-5-4-18-49(51)50-19-6-7-21-52(50)57(53)42-48;1-63(2)53-40(38-33-34-50-52(35-38)62-51-32-13-12-31-49(51)58(50)47-29-10-8-22-41(47)42-23-9-11-30-48(42)58)24-15-25-43(53)44-26-16-28-46(54(44)63)57-60-55(37-18-4-3-5-19-37)59-56(61-57)45-27-14-20-36-17-6-7-21-39(36)45/h1-42H;3-35H,1-2H3. The number of hydrogen-bond acceptors (Lipinski definition) is 8. The summed E-state index contributed by atoms with van der Waals surface area (Å²) in [6.07, 6.45) is 0. The molecular weight excluding hydrogens is 1700 g/mol. The van der Waals surface area contributed by atoms with Crippen molar-refractivity contribution in [1.29, 1.82) is 0 Å². The molecule has 5 aliphatic rings. The van der Waals surface area contributed by atoms with Gasteiger partial charge in [-0.2, -0.15) is 0 Å². The zero-order chi connectivity index (χ0) is 91.1. The highest BCUT2D eigenvalue weighted by Crippen LogP contribution is 2.65. The highest BCUT2D eigenvalue weighted by molar-refractivity contribution is 7.05. The minimum atomic E-state index is -2.43. The fourth-order valence-electron chi connectivity index (χ4n) is 23.9. The summed E-state index contributed by atoms with van der Waals surface area (Å²) in [7, 11) is -2.43. The highest BCUT2D eigenvalue weighted by atomic mass is 28.3. The molecule has 21 aromatic carbocycles. The molecule has 0 radical (unpaired) electrons. The zero-order valence-electron chi connectivity index (χ0n) is 75.2. The average Bonchev–Trinajstić information content (AvgIpc) is 1.51. The van der Waals surface area contributed by atoms with Crippen molar-refractivity contribution in [3.05, 3.63) is 499 Å². The quantitative estimate of drug-likeness (QED) is 0.104. The van der Waals surface area contributed by atoms with Gasteiger partial charge in [-0.15, -0.1) is 0 Å². The molecule has 3 aromatic heterocycles. The zero-order valence-corrected chi connectivity index (χ0v) is 76.2. The Morgan fingerprint density at radius 1 is 0.196 bits per heavy atom. The Labute approximate surface area is 797 Å². The third-order valence-corrected chi connectivity index (χ3v) is 33.3. The van der Waals surface area contributed by atoms with Gasteiger partial charge in [-0.3, -0.25) is 0 Å². The Bertz CT molecular complexity index is 9160. The van der Waals surface area contributed by atoms with Crippen LogP contribution >= 0.6 is 0 Å². The minimum absolute atomic E-state index is 0.498. The first-order valence-corrected chi connectivity index (χ1v) is 50.3. The molecule has 2 aliphatic carbocycles. The van der Waals surface area contributed by atoms with Gasteiger partial charge >= 0.3 is 0 Å². The van der Waals surface area contributed by atoms with Crippen LogP contribution in [0.3, 0.4) is 0 Å². The summed E-state index contributed by atoms with van der Waals surface area (Å²) in [6, 6.07) is 164. The van der Waals surface area contributed by atoms with Crippen molar-refractivity contribution in [3.63, 3.8) is 0 Å². The van der Waals surface area contributed by atoms with Gasteiger partial charge in [0.15, 0.2) is 34.9 Å². The van der Waals surface area contributed by atoms with E-state index < -0.39 is 18.9 Å². The van der Waals surface area contributed by atoms with Crippen molar-refractivity contribution in [2.75, 3.05) is 0 Å². The maximum atomic E-state index is 6.98. The first-order valence-electron chi connectivity index (χ1n) is 47.3. The molecule has 0 N–H and O–H groups in total. The predicted octanol–water partition coefficient (Wildman–Crippen LogP) is 30.5. The number of fused-ring (bicyclic) bond motifs is 31. The van der Waals surface area contributed by atoms with E-state index in [9.17, 15) is 0 Å². The van der Waals surface area contributed by atoms with Crippen molar-refractivity contribution in [1.82, 2.24) is 34.5 Å². The van der Waals surface area contributed by atoms with E-state index in [1.165, 1.54) is 126 Å². The number of para-hydroxylation sites is 4. The first kappa shape index (κ1) is 78.9. The maximum Gasteiger partial charge on any atom is 0.164 e. The first-order chi connectivity index (χ1) is 68.2. The third kappa shape index (κ3) is 11.7. The van der Waals surface area contributed by atoms with Gasteiger partial charge in [-0.25, -0.2) is 29.9 Å². The summed E-state index contributed by atoms with van der Waals surface area (Å²) in [5.74, 6) is 7.42. The largest absolute Gasteiger partial charge is 0.457 e. The predicted molar refractivity (Wildman–Crippen MR) is 564 cm³/mol. The lowest BCUT2D eigenvalue weighted by Crippen LogP contribution is -2.51. The number of ether oxygens (including phenoxy) is 2. The van der Waals surface area contributed by atoms with Crippen LogP contribution in [0.25, 0.3) is 195 Å². The van der Waals surface area contributed by atoms with Crippen LogP contribution in [0.5, 0.6) is 23.0 Å². The molecule has 24 aromatic rings. The molecule has 0 unspecified atom stereocenters. The van der Waals surface area contributed by atoms with Crippen LogP contribution in [0.2, 0.25) is 13.1 Å². The average molecular weight is 1780 g/mol. The van der Waals surface area contributed by atoms with Gasteiger partial charge in [-0.05, 0) is 186 Å². The van der Waals surface area contributed by atoms with Gasteiger partial charge in [0.25, 0.3) is 0 Å². The lowest BCUT2D eigenvalue weighted by molar-refractivity contribution is 0.436. The Hall–Kier alpha value is -17.7. The van der Waals surface area contributed by atoms with Crippen LogP contribution < -0.4 is 19.8 Å². The summed E-state index contributed by atoms with van der Waals surface area (Å²) in [4.78, 5) is 31.4. The summed E-state index contributed by atoms with van der Waals surface area (Å²) >= 11 is 0. The van der Waals surface area contributed by atoms with Gasteiger partial charge in [0.1, 0.15) is 31.1 Å². The van der Waals surface area contributed by atoms with Crippen molar-refractivity contribution >= 4 is 83.3 Å². The SMILES string of the molecule is C[Si]1(C)c2c(-c3ccc4c(c3)Oc3ccccc3C43c4ccccc4-c4ccccc43)cccc2-c2cccc(-c3nc(-c4ccccc4)nc(-c4cccc5ccccc45)n3)c21.c1ccc(-c2nc(-c3ccc(-c4ccc5c6ccccc6n(-c6ccc7c8ccccc8c8ccccc8c7c6)c5c4)cc3)nc(-c3ccc4c(c3)-c3ccccc3C43c4ccccc4Oc4ccccc43)n2)cc1. The molecule has 2 spiro atoms. The van der Waals surface area contributed by atoms with E-state index in [2.05, 4.69) is 436 Å². The molecule has 0 saturated carbocycles. The lowest BCUT2D eigenvalue weighted by Gasteiger charge is -2.39. The summed E-state index contributed by atoms with van der Waals surface area (Å²) in [5.41, 5.74) is 29.9.